The minimum Gasteiger partial charge on any atom is -0.290 e. The Balaban J connectivity index is 4.59. The van der Waals surface area contributed by atoms with Crippen LogP contribution in [-0.4, -0.2) is 26.0 Å². The molecular formula is C7H12F5O4P. The maximum atomic E-state index is 12.8. The number of halogens is 5. The van der Waals surface area contributed by atoms with Crippen molar-refractivity contribution in [3.63, 3.8) is 0 Å². The molecule has 0 aliphatic heterocycles. The minimum absolute atomic E-state index is 0.243. The average molecular weight is 286 g/mol. The van der Waals surface area contributed by atoms with Gasteiger partial charge in [0.1, 0.15) is 6.42 Å². The lowest BCUT2D eigenvalue weighted by Gasteiger charge is -2.22. The van der Waals surface area contributed by atoms with E-state index in [9.17, 15) is 26.5 Å². The van der Waals surface area contributed by atoms with Crippen molar-refractivity contribution in [1.82, 2.24) is 0 Å². The third-order valence-corrected chi connectivity index (χ3v) is 2.77. The molecule has 0 saturated carbocycles. The van der Waals surface area contributed by atoms with Crippen LogP contribution >= 0.6 is 7.82 Å². The maximum Gasteiger partial charge on any atom is 0.479 e. The Morgan fingerprint density at radius 1 is 1.18 bits per heavy atom. The smallest absolute Gasteiger partial charge is 0.290 e. The lowest BCUT2D eigenvalue weighted by Crippen LogP contribution is -2.28. The maximum absolute atomic E-state index is 12.8. The van der Waals surface area contributed by atoms with Crippen LogP contribution in [0.5, 0.6) is 0 Å². The molecule has 0 rings (SSSR count). The second kappa shape index (κ2) is 6.08. The largest absolute Gasteiger partial charge is 0.479 e. The van der Waals surface area contributed by atoms with Crippen LogP contribution in [0.15, 0.2) is 0 Å². The molecule has 17 heavy (non-hydrogen) atoms. The zero-order valence-electron chi connectivity index (χ0n) is 9.09. The first-order valence-corrected chi connectivity index (χ1v) is 5.95. The van der Waals surface area contributed by atoms with Crippen LogP contribution in [-0.2, 0) is 18.1 Å². The number of hydrogen-bond donors (Lipinski definition) is 0. The molecule has 0 aliphatic carbocycles. The van der Waals surface area contributed by atoms with Gasteiger partial charge in [-0.25, -0.2) is 9.09 Å². The van der Waals surface area contributed by atoms with Crippen LogP contribution in [0.3, 0.4) is 0 Å². The second-order valence-corrected chi connectivity index (χ2v) is 4.68. The number of phosphoric ester groups is 1. The van der Waals surface area contributed by atoms with Crippen molar-refractivity contribution in [1.29, 1.82) is 0 Å². The summed E-state index contributed by atoms with van der Waals surface area (Å²) in [6, 6.07) is 0. The highest BCUT2D eigenvalue weighted by atomic mass is 31.2. The van der Waals surface area contributed by atoms with E-state index in [0.717, 1.165) is 7.11 Å². The Labute approximate surface area is 94.6 Å². The Morgan fingerprint density at radius 3 is 2.06 bits per heavy atom. The number of hydrogen-bond acceptors (Lipinski definition) is 4. The summed E-state index contributed by atoms with van der Waals surface area (Å²) >= 11 is 0. The first-order valence-electron chi connectivity index (χ1n) is 4.49. The summed E-state index contributed by atoms with van der Waals surface area (Å²) in [5.41, 5.74) is 0. The molecule has 1 unspecified atom stereocenters. The van der Waals surface area contributed by atoms with E-state index in [2.05, 4.69) is 13.6 Å². The van der Waals surface area contributed by atoms with Gasteiger partial charge in [0, 0.05) is 7.11 Å². The normalized spacial score (nSPS) is 16.9. The van der Waals surface area contributed by atoms with E-state index in [1.54, 1.807) is 6.92 Å². The minimum atomic E-state index is -5.16. The number of rotatable bonds is 7. The molecule has 0 fully saturated rings. The molecule has 0 aromatic carbocycles. The van der Waals surface area contributed by atoms with Gasteiger partial charge in [0.15, 0.2) is 0 Å². The third-order valence-electron chi connectivity index (χ3n) is 1.33. The molecule has 0 radical (unpaired) electrons. The third kappa shape index (κ3) is 7.64. The fourth-order valence-electron chi connectivity index (χ4n) is 0.749. The van der Waals surface area contributed by atoms with Crippen molar-refractivity contribution in [2.45, 2.75) is 32.1 Å². The molecular weight excluding hydrogens is 274 g/mol. The molecule has 0 aromatic rings. The van der Waals surface area contributed by atoms with Crippen molar-refractivity contribution in [2.75, 3.05) is 13.7 Å². The highest BCUT2D eigenvalue weighted by Gasteiger charge is 2.49. The number of alkyl halides is 5. The molecule has 0 spiro atoms. The highest BCUT2D eigenvalue weighted by Crippen LogP contribution is 2.54. The van der Waals surface area contributed by atoms with E-state index >= 15 is 0 Å². The van der Waals surface area contributed by atoms with Gasteiger partial charge >= 0.3 is 20.1 Å². The first-order chi connectivity index (χ1) is 7.54. The molecule has 0 N–H and O–H groups in total. The molecule has 1 atom stereocenters. The molecule has 10 heteroatoms. The molecule has 4 nitrogen and oxygen atoms in total. The number of phosphoric acid groups is 1. The van der Waals surface area contributed by atoms with E-state index in [1.807, 2.05) is 0 Å². The molecule has 0 heterocycles. The van der Waals surface area contributed by atoms with Gasteiger partial charge in [-0.1, -0.05) is 6.92 Å². The summed E-state index contributed by atoms with van der Waals surface area (Å²) in [5, 5.41) is 0. The van der Waals surface area contributed by atoms with Crippen LogP contribution in [0.1, 0.15) is 19.8 Å². The van der Waals surface area contributed by atoms with Gasteiger partial charge in [-0.2, -0.15) is 22.0 Å². The second-order valence-electron chi connectivity index (χ2n) is 2.98. The zero-order chi connectivity index (χ0) is 13.7. The van der Waals surface area contributed by atoms with E-state index in [4.69, 9.17) is 0 Å². The van der Waals surface area contributed by atoms with Gasteiger partial charge in [-0.15, -0.1) is 0 Å². The topological polar surface area (TPSA) is 44.8 Å². The summed E-state index contributed by atoms with van der Waals surface area (Å²) in [4.78, 5) is 0. The quantitative estimate of drug-likeness (QED) is 0.528. The standard InChI is InChI=1S/C7H12F5O4P/c1-3-4-15-17(13,14-2)16-7(11,12)5-6(8,9)10/h3-5H2,1-2H3. The summed E-state index contributed by atoms with van der Waals surface area (Å²) in [6.07, 6.45) is -12.1. The van der Waals surface area contributed by atoms with Gasteiger partial charge in [-0.05, 0) is 6.42 Å². The molecule has 0 aromatic heterocycles. The van der Waals surface area contributed by atoms with Crippen molar-refractivity contribution >= 4 is 7.82 Å². The van der Waals surface area contributed by atoms with Crippen LogP contribution in [0.2, 0.25) is 0 Å². The van der Waals surface area contributed by atoms with Gasteiger partial charge in [-0.3, -0.25) is 9.05 Å². The van der Waals surface area contributed by atoms with Crippen molar-refractivity contribution < 1.29 is 40.1 Å². The van der Waals surface area contributed by atoms with Crippen LogP contribution in [0.4, 0.5) is 22.0 Å². The predicted octanol–water partition coefficient (Wildman–Crippen LogP) is 3.73. The zero-order valence-corrected chi connectivity index (χ0v) is 9.99. The van der Waals surface area contributed by atoms with Crippen molar-refractivity contribution in [3.05, 3.63) is 0 Å². The summed E-state index contributed by atoms with van der Waals surface area (Å²) in [6.45, 7) is 1.33. The molecule has 104 valence electrons. The lowest BCUT2D eigenvalue weighted by molar-refractivity contribution is -0.261. The van der Waals surface area contributed by atoms with Gasteiger partial charge in [0.2, 0.25) is 0 Å². The van der Waals surface area contributed by atoms with Crippen molar-refractivity contribution in [2.24, 2.45) is 0 Å². The predicted molar refractivity (Wildman–Crippen MR) is 47.6 cm³/mol. The Morgan fingerprint density at radius 2 is 1.71 bits per heavy atom. The first kappa shape index (κ1) is 16.8. The van der Waals surface area contributed by atoms with Crippen molar-refractivity contribution in [3.8, 4) is 0 Å². The SMILES string of the molecule is CCCOP(=O)(OC)OC(F)(F)CC(F)(F)F. The van der Waals surface area contributed by atoms with Crippen LogP contribution in [0, 0.1) is 0 Å². The molecule has 0 aliphatic rings. The van der Waals surface area contributed by atoms with Gasteiger partial charge in [0.25, 0.3) is 0 Å². The summed E-state index contributed by atoms with van der Waals surface area (Å²) < 4.78 is 84.0. The van der Waals surface area contributed by atoms with Crippen LogP contribution in [0.25, 0.3) is 0 Å². The van der Waals surface area contributed by atoms with E-state index in [1.165, 1.54) is 0 Å². The monoisotopic (exact) mass is 286 g/mol. The van der Waals surface area contributed by atoms with Gasteiger partial charge in [0.05, 0.1) is 6.61 Å². The average Bonchev–Trinajstić information content (AvgIpc) is 2.10. The summed E-state index contributed by atoms with van der Waals surface area (Å²) in [7, 11) is -3.94. The Kier molecular flexibility index (Phi) is 6.00. The van der Waals surface area contributed by atoms with E-state index < -0.39 is 26.5 Å². The van der Waals surface area contributed by atoms with E-state index in [0.29, 0.717) is 6.42 Å². The summed E-state index contributed by atoms with van der Waals surface area (Å²) in [5.74, 6) is 0. The van der Waals surface area contributed by atoms with E-state index in [-0.39, 0.29) is 6.61 Å². The molecule has 0 saturated heterocycles. The fourth-order valence-corrected chi connectivity index (χ4v) is 1.78. The van der Waals surface area contributed by atoms with Crippen LogP contribution < -0.4 is 0 Å². The molecule has 0 amide bonds. The molecule has 0 bridgehead atoms. The van der Waals surface area contributed by atoms with Gasteiger partial charge < -0.3 is 0 Å². The lowest BCUT2D eigenvalue weighted by atomic mass is 10.4. The Hall–Kier alpha value is -0.240. The highest BCUT2D eigenvalue weighted by molar-refractivity contribution is 7.48. The fraction of sp³-hybridized carbons (Fsp3) is 1.00. The Bertz CT molecular complexity index is 280.